The Hall–Kier alpha value is -3.19. The molecule has 112 valence electrons. The largest absolute Gasteiger partial charge is 0.465 e. The smallest absolute Gasteiger partial charge is 0.337 e. The van der Waals surface area contributed by atoms with Gasteiger partial charge in [0.1, 0.15) is 5.82 Å². The van der Waals surface area contributed by atoms with Crippen LogP contribution in [0.1, 0.15) is 15.9 Å². The van der Waals surface area contributed by atoms with Crippen LogP contribution < -0.4 is 0 Å². The molecule has 0 aliphatic rings. The van der Waals surface area contributed by atoms with E-state index in [1.165, 1.54) is 25.3 Å². The maximum atomic E-state index is 14.2. The number of hydrogen-bond donors (Lipinski definition) is 0. The zero-order chi connectivity index (χ0) is 16.4. The topological polar surface area (TPSA) is 50.1 Å². The molecule has 4 heteroatoms. The normalized spacial score (nSPS) is 10.3. The van der Waals surface area contributed by atoms with E-state index in [0.29, 0.717) is 22.3 Å². The lowest BCUT2D eigenvalue weighted by molar-refractivity contribution is 0.0601. The first-order valence-corrected chi connectivity index (χ1v) is 6.95. The van der Waals surface area contributed by atoms with Crippen molar-refractivity contribution in [2.75, 3.05) is 7.11 Å². The van der Waals surface area contributed by atoms with Crippen LogP contribution in [0.5, 0.6) is 0 Å². The molecule has 0 spiro atoms. The minimum absolute atomic E-state index is 0.330. The number of carbonyl (C=O) groups is 1. The standard InChI is InChI=1S/C19H12FNO2/c1-23-19(22)14-7-6-13-3-2-4-15(16(13)10-14)17-9-12(11-21)5-8-18(17)20/h2-10H,1H3. The minimum atomic E-state index is -0.451. The molecule has 3 aromatic rings. The number of methoxy groups -OCH3 is 1. The molecule has 0 aliphatic carbocycles. The molecule has 3 nitrogen and oxygen atoms in total. The van der Waals surface area contributed by atoms with E-state index in [9.17, 15) is 9.18 Å². The molecule has 0 heterocycles. The molecule has 3 aromatic carbocycles. The van der Waals surface area contributed by atoms with Crippen LogP contribution in [0.2, 0.25) is 0 Å². The summed E-state index contributed by atoms with van der Waals surface area (Å²) >= 11 is 0. The van der Waals surface area contributed by atoms with Gasteiger partial charge in [-0.15, -0.1) is 0 Å². The molecule has 0 saturated heterocycles. The number of halogens is 1. The lowest BCUT2D eigenvalue weighted by Gasteiger charge is -2.10. The Morgan fingerprint density at radius 3 is 2.65 bits per heavy atom. The third-order valence-corrected chi connectivity index (χ3v) is 3.69. The fourth-order valence-electron chi connectivity index (χ4n) is 2.55. The Balaban J connectivity index is 2.29. The van der Waals surface area contributed by atoms with E-state index in [0.717, 1.165) is 10.8 Å². The van der Waals surface area contributed by atoms with Gasteiger partial charge in [0.2, 0.25) is 0 Å². The lowest BCUT2D eigenvalue weighted by atomic mass is 9.95. The van der Waals surface area contributed by atoms with E-state index in [2.05, 4.69) is 0 Å². The number of rotatable bonds is 2. The highest BCUT2D eigenvalue weighted by atomic mass is 19.1. The van der Waals surface area contributed by atoms with Crippen molar-refractivity contribution in [1.82, 2.24) is 0 Å². The zero-order valence-corrected chi connectivity index (χ0v) is 12.3. The van der Waals surface area contributed by atoms with Crippen molar-refractivity contribution in [3.05, 3.63) is 71.5 Å². The van der Waals surface area contributed by atoms with Crippen LogP contribution in [0.15, 0.2) is 54.6 Å². The summed E-state index contributed by atoms with van der Waals surface area (Å²) in [5, 5.41) is 10.6. The van der Waals surface area contributed by atoms with Gasteiger partial charge in [-0.05, 0) is 46.7 Å². The van der Waals surface area contributed by atoms with E-state index in [-0.39, 0.29) is 0 Å². The fourth-order valence-corrected chi connectivity index (χ4v) is 2.55. The summed E-state index contributed by atoms with van der Waals surface area (Å²) in [6, 6.07) is 16.8. The number of fused-ring (bicyclic) bond motifs is 1. The molecule has 0 fully saturated rings. The molecular formula is C19H12FNO2. The molecule has 0 unspecified atom stereocenters. The van der Waals surface area contributed by atoms with Crippen LogP contribution in [0.25, 0.3) is 21.9 Å². The van der Waals surface area contributed by atoms with Crippen molar-refractivity contribution in [1.29, 1.82) is 5.26 Å². The van der Waals surface area contributed by atoms with Crippen molar-refractivity contribution in [2.24, 2.45) is 0 Å². The van der Waals surface area contributed by atoms with Crippen molar-refractivity contribution in [2.45, 2.75) is 0 Å². The minimum Gasteiger partial charge on any atom is -0.465 e. The maximum absolute atomic E-state index is 14.2. The van der Waals surface area contributed by atoms with Gasteiger partial charge in [0.05, 0.1) is 24.3 Å². The quantitative estimate of drug-likeness (QED) is 0.663. The van der Waals surface area contributed by atoms with Gasteiger partial charge in [-0.3, -0.25) is 0 Å². The summed E-state index contributed by atoms with van der Waals surface area (Å²) in [7, 11) is 1.31. The van der Waals surface area contributed by atoms with Gasteiger partial charge in [-0.25, -0.2) is 9.18 Å². The number of esters is 1. The van der Waals surface area contributed by atoms with E-state index < -0.39 is 11.8 Å². The lowest BCUT2D eigenvalue weighted by Crippen LogP contribution is -2.00. The predicted octanol–water partition coefficient (Wildman–Crippen LogP) is 4.30. The number of benzene rings is 3. The third-order valence-electron chi connectivity index (χ3n) is 3.69. The Labute approximate surface area is 132 Å². The summed E-state index contributed by atoms with van der Waals surface area (Å²) in [6.45, 7) is 0. The van der Waals surface area contributed by atoms with Crippen LogP contribution in [0.3, 0.4) is 0 Å². The SMILES string of the molecule is COC(=O)c1ccc2cccc(-c3cc(C#N)ccc3F)c2c1. The van der Waals surface area contributed by atoms with Gasteiger partial charge in [0.25, 0.3) is 0 Å². The molecular weight excluding hydrogens is 293 g/mol. The molecule has 0 amide bonds. The summed E-state index contributed by atoms with van der Waals surface area (Å²) in [5.74, 6) is -0.868. The second-order valence-electron chi connectivity index (χ2n) is 5.04. The Kier molecular flexibility index (Phi) is 3.78. The molecule has 3 rings (SSSR count). The van der Waals surface area contributed by atoms with Crippen molar-refractivity contribution in [3.8, 4) is 17.2 Å². The monoisotopic (exact) mass is 305 g/mol. The van der Waals surface area contributed by atoms with Crippen LogP contribution in [-0.4, -0.2) is 13.1 Å². The number of carbonyl (C=O) groups excluding carboxylic acids is 1. The van der Waals surface area contributed by atoms with Crippen LogP contribution in [0.4, 0.5) is 4.39 Å². The second-order valence-corrected chi connectivity index (χ2v) is 5.04. The Morgan fingerprint density at radius 2 is 1.91 bits per heavy atom. The molecule has 0 N–H and O–H groups in total. The fraction of sp³-hybridized carbons (Fsp3) is 0.0526. The number of hydrogen-bond acceptors (Lipinski definition) is 3. The van der Waals surface area contributed by atoms with E-state index in [1.54, 1.807) is 24.3 Å². The van der Waals surface area contributed by atoms with E-state index in [4.69, 9.17) is 10.00 Å². The highest BCUT2D eigenvalue weighted by Crippen LogP contribution is 2.31. The van der Waals surface area contributed by atoms with Crippen molar-refractivity contribution in [3.63, 3.8) is 0 Å². The number of nitrogens with zero attached hydrogens (tertiary/aromatic N) is 1. The van der Waals surface area contributed by atoms with Gasteiger partial charge in [0.15, 0.2) is 0 Å². The summed E-state index contributed by atoms with van der Waals surface area (Å²) < 4.78 is 19.0. The first kappa shape index (κ1) is 14.7. The summed E-state index contributed by atoms with van der Waals surface area (Å²) in [5.41, 5.74) is 1.73. The van der Waals surface area contributed by atoms with Crippen molar-refractivity contribution < 1.29 is 13.9 Å². The van der Waals surface area contributed by atoms with Gasteiger partial charge in [-0.1, -0.05) is 24.3 Å². The van der Waals surface area contributed by atoms with E-state index >= 15 is 0 Å². The van der Waals surface area contributed by atoms with Gasteiger partial charge >= 0.3 is 5.97 Å². The van der Waals surface area contributed by atoms with Gasteiger partial charge < -0.3 is 4.74 Å². The predicted molar refractivity (Wildman–Crippen MR) is 85.4 cm³/mol. The van der Waals surface area contributed by atoms with E-state index in [1.807, 2.05) is 18.2 Å². The van der Waals surface area contributed by atoms with Crippen LogP contribution >= 0.6 is 0 Å². The third kappa shape index (κ3) is 2.65. The Bertz CT molecular complexity index is 957. The van der Waals surface area contributed by atoms with Crippen LogP contribution in [0, 0.1) is 17.1 Å². The van der Waals surface area contributed by atoms with Gasteiger partial charge in [0, 0.05) is 5.56 Å². The number of nitriles is 1. The summed E-state index contributed by atoms with van der Waals surface area (Å²) in [6.07, 6.45) is 0. The molecule has 0 aliphatic heterocycles. The first-order chi connectivity index (χ1) is 11.1. The first-order valence-electron chi connectivity index (χ1n) is 6.95. The maximum Gasteiger partial charge on any atom is 0.337 e. The zero-order valence-electron chi connectivity index (χ0n) is 12.3. The molecule has 0 radical (unpaired) electrons. The molecule has 0 aromatic heterocycles. The highest BCUT2D eigenvalue weighted by Gasteiger charge is 2.12. The average Bonchev–Trinajstić information content (AvgIpc) is 2.60. The second kappa shape index (κ2) is 5.90. The molecule has 0 saturated carbocycles. The van der Waals surface area contributed by atoms with Crippen LogP contribution in [-0.2, 0) is 4.74 Å². The molecule has 23 heavy (non-hydrogen) atoms. The molecule has 0 atom stereocenters. The number of ether oxygens (including phenoxy) is 1. The summed E-state index contributed by atoms with van der Waals surface area (Å²) in [4.78, 5) is 11.7. The Morgan fingerprint density at radius 1 is 1.09 bits per heavy atom. The highest BCUT2D eigenvalue weighted by molar-refractivity contribution is 6.01. The molecule has 0 bridgehead atoms. The van der Waals surface area contributed by atoms with Gasteiger partial charge in [-0.2, -0.15) is 5.26 Å². The van der Waals surface area contributed by atoms with Crippen molar-refractivity contribution >= 4 is 16.7 Å². The average molecular weight is 305 g/mol.